The van der Waals surface area contributed by atoms with Gasteiger partial charge >= 0.3 is 11.9 Å². The molecule has 2 N–H and O–H groups in total. The Balaban J connectivity index is 2.68. The molecule has 0 aliphatic heterocycles. The lowest BCUT2D eigenvalue weighted by Gasteiger charge is -2.15. The third kappa shape index (κ3) is 3.57. The van der Waals surface area contributed by atoms with E-state index in [0.29, 0.717) is 5.56 Å². The van der Waals surface area contributed by atoms with Gasteiger partial charge in [0, 0.05) is 0 Å². The van der Waals surface area contributed by atoms with E-state index in [2.05, 4.69) is 4.74 Å². The van der Waals surface area contributed by atoms with Crippen molar-refractivity contribution in [3.05, 3.63) is 35.9 Å². The average molecular weight is 238 g/mol. The van der Waals surface area contributed by atoms with Gasteiger partial charge in [-0.25, -0.2) is 9.59 Å². The summed E-state index contributed by atoms with van der Waals surface area (Å²) in [6, 6.07) is 8.20. The number of carboxylic acid groups (broad SMARTS) is 1. The fourth-order valence-corrected chi connectivity index (χ4v) is 1.28. The summed E-state index contributed by atoms with van der Waals surface area (Å²) >= 11 is 0. The van der Waals surface area contributed by atoms with E-state index in [4.69, 9.17) is 5.11 Å². The number of carboxylic acids is 1. The van der Waals surface area contributed by atoms with Crippen molar-refractivity contribution in [3.63, 3.8) is 0 Å². The number of esters is 1. The zero-order chi connectivity index (χ0) is 12.8. The second kappa shape index (κ2) is 6.00. The predicted octanol–water partition coefficient (Wildman–Crippen LogP) is 1.13. The van der Waals surface area contributed by atoms with Gasteiger partial charge in [0.15, 0.2) is 12.2 Å². The second-order valence-corrected chi connectivity index (χ2v) is 3.49. The number of hydrogen-bond acceptors (Lipinski definition) is 4. The maximum Gasteiger partial charge on any atom is 0.345 e. The molecule has 2 atom stereocenters. The molecule has 0 spiro atoms. The molecule has 0 aliphatic rings. The topological polar surface area (TPSA) is 83.8 Å². The van der Waals surface area contributed by atoms with Crippen molar-refractivity contribution in [2.24, 2.45) is 0 Å². The maximum atomic E-state index is 11.5. The molecule has 0 radical (unpaired) electrons. The molecule has 0 bridgehead atoms. The average Bonchev–Trinajstić information content (AvgIpc) is 2.35. The Morgan fingerprint density at radius 2 is 1.88 bits per heavy atom. The van der Waals surface area contributed by atoms with Gasteiger partial charge in [-0.1, -0.05) is 37.3 Å². The first-order valence-electron chi connectivity index (χ1n) is 5.22. The molecule has 0 aromatic heterocycles. The summed E-state index contributed by atoms with van der Waals surface area (Å²) in [6.45, 7) is 1.58. The minimum Gasteiger partial charge on any atom is -0.479 e. The highest BCUT2D eigenvalue weighted by atomic mass is 16.6. The quantitative estimate of drug-likeness (QED) is 0.751. The number of rotatable bonds is 5. The number of aliphatic carboxylic acids is 1. The lowest BCUT2D eigenvalue weighted by molar-refractivity contribution is -0.170. The lowest BCUT2D eigenvalue weighted by Crippen LogP contribution is -2.29. The lowest BCUT2D eigenvalue weighted by atomic mass is 10.1. The number of aliphatic hydroxyl groups excluding tert-OH is 1. The van der Waals surface area contributed by atoms with Crippen LogP contribution in [0.5, 0.6) is 0 Å². The zero-order valence-corrected chi connectivity index (χ0v) is 9.37. The van der Waals surface area contributed by atoms with Gasteiger partial charge in [-0.3, -0.25) is 0 Å². The largest absolute Gasteiger partial charge is 0.479 e. The molecule has 0 heterocycles. The Morgan fingerprint density at radius 1 is 1.29 bits per heavy atom. The summed E-state index contributed by atoms with van der Waals surface area (Å²) in [7, 11) is 0. The van der Waals surface area contributed by atoms with Crippen LogP contribution in [-0.2, 0) is 14.3 Å². The molecule has 17 heavy (non-hydrogen) atoms. The molecular formula is C12H14O5. The van der Waals surface area contributed by atoms with E-state index in [-0.39, 0.29) is 6.42 Å². The van der Waals surface area contributed by atoms with Crippen LogP contribution in [0.1, 0.15) is 25.0 Å². The normalized spacial score (nSPS) is 13.8. The molecule has 5 nitrogen and oxygen atoms in total. The first-order valence-corrected chi connectivity index (χ1v) is 5.22. The number of carbonyl (C=O) groups is 2. The van der Waals surface area contributed by atoms with Gasteiger partial charge in [0.1, 0.15) is 0 Å². The van der Waals surface area contributed by atoms with Gasteiger partial charge in [0.05, 0.1) is 0 Å². The Labute approximate surface area is 98.6 Å². The van der Waals surface area contributed by atoms with Gasteiger partial charge in [0.25, 0.3) is 0 Å². The van der Waals surface area contributed by atoms with Crippen LogP contribution in [0.15, 0.2) is 30.3 Å². The third-order valence-electron chi connectivity index (χ3n) is 2.24. The fourth-order valence-electron chi connectivity index (χ4n) is 1.28. The van der Waals surface area contributed by atoms with Gasteiger partial charge in [-0.2, -0.15) is 0 Å². The molecule has 0 aliphatic carbocycles. The van der Waals surface area contributed by atoms with Crippen molar-refractivity contribution in [1.29, 1.82) is 0 Å². The van der Waals surface area contributed by atoms with Crippen LogP contribution >= 0.6 is 0 Å². The molecule has 0 amide bonds. The number of benzene rings is 1. The van der Waals surface area contributed by atoms with Crippen molar-refractivity contribution in [3.8, 4) is 0 Å². The van der Waals surface area contributed by atoms with Crippen LogP contribution in [0.2, 0.25) is 0 Å². The van der Waals surface area contributed by atoms with Crippen LogP contribution in [0.3, 0.4) is 0 Å². The van der Waals surface area contributed by atoms with Crippen molar-refractivity contribution in [1.82, 2.24) is 0 Å². The second-order valence-electron chi connectivity index (χ2n) is 3.49. The summed E-state index contributed by atoms with van der Waals surface area (Å²) in [5.74, 6) is -2.17. The van der Waals surface area contributed by atoms with E-state index >= 15 is 0 Å². The van der Waals surface area contributed by atoms with Crippen LogP contribution in [-0.4, -0.2) is 28.3 Å². The minimum absolute atomic E-state index is 0.155. The fraction of sp³-hybridized carbons (Fsp3) is 0.333. The molecule has 92 valence electrons. The highest BCUT2D eigenvalue weighted by molar-refractivity contribution is 5.81. The van der Waals surface area contributed by atoms with Crippen LogP contribution in [0.25, 0.3) is 0 Å². The van der Waals surface area contributed by atoms with Gasteiger partial charge < -0.3 is 14.9 Å². The molecule has 0 saturated carbocycles. The minimum atomic E-state index is -1.45. The standard InChI is InChI=1S/C12H14O5/c1-2-9(11(14)15)17-12(16)10(13)8-6-4-3-5-7-8/h3-7,9-10,13H,2H2,1H3,(H,14,15). The van der Waals surface area contributed by atoms with Gasteiger partial charge in [0.2, 0.25) is 0 Å². The first kappa shape index (κ1) is 13.2. The monoisotopic (exact) mass is 238 g/mol. The van der Waals surface area contributed by atoms with Gasteiger partial charge in [-0.15, -0.1) is 0 Å². The highest BCUT2D eigenvalue weighted by Crippen LogP contribution is 2.15. The zero-order valence-electron chi connectivity index (χ0n) is 9.37. The molecule has 0 saturated heterocycles. The van der Waals surface area contributed by atoms with E-state index in [9.17, 15) is 14.7 Å². The Kier molecular flexibility index (Phi) is 4.66. The van der Waals surface area contributed by atoms with Gasteiger partial charge in [-0.05, 0) is 12.0 Å². The Morgan fingerprint density at radius 3 is 2.35 bits per heavy atom. The Bertz CT molecular complexity index is 387. The SMILES string of the molecule is CCC(OC(=O)C(O)c1ccccc1)C(=O)O. The molecule has 0 fully saturated rings. The van der Waals surface area contributed by atoms with Crippen molar-refractivity contribution < 1.29 is 24.5 Å². The van der Waals surface area contributed by atoms with Crippen LogP contribution in [0, 0.1) is 0 Å². The molecule has 1 aromatic carbocycles. The predicted molar refractivity (Wildman–Crippen MR) is 59.2 cm³/mol. The molecule has 1 rings (SSSR count). The summed E-state index contributed by atoms with van der Waals surface area (Å²) in [6.07, 6.45) is -2.52. The highest BCUT2D eigenvalue weighted by Gasteiger charge is 2.25. The molecule has 5 heteroatoms. The molecule has 1 aromatic rings. The van der Waals surface area contributed by atoms with Crippen LogP contribution in [0.4, 0.5) is 0 Å². The number of ether oxygens (including phenoxy) is 1. The Hall–Kier alpha value is -1.88. The number of hydrogen-bond donors (Lipinski definition) is 2. The van der Waals surface area contributed by atoms with Crippen molar-refractivity contribution in [2.75, 3.05) is 0 Å². The summed E-state index contributed by atoms with van der Waals surface area (Å²) in [5, 5.41) is 18.4. The van der Waals surface area contributed by atoms with E-state index in [1.54, 1.807) is 37.3 Å². The number of aliphatic hydroxyl groups is 1. The molecule has 2 unspecified atom stereocenters. The smallest absolute Gasteiger partial charge is 0.345 e. The molecular weight excluding hydrogens is 224 g/mol. The first-order chi connectivity index (χ1) is 8.06. The van der Waals surface area contributed by atoms with Crippen LogP contribution < -0.4 is 0 Å². The van der Waals surface area contributed by atoms with E-state index in [1.165, 1.54) is 0 Å². The summed E-state index contributed by atoms with van der Waals surface area (Å²) < 4.78 is 4.69. The summed E-state index contributed by atoms with van der Waals surface area (Å²) in [4.78, 5) is 22.1. The van der Waals surface area contributed by atoms with E-state index in [1.807, 2.05) is 0 Å². The van der Waals surface area contributed by atoms with E-state index in [0.717, 1.165) is 0 Å². The van der Waals surface area contributed by atoms with Crippen molar-refractivity contribution in [2.45, 2.75) is 25.6 Å². The number of carbonyl (C=O) groups excluding carboxylic acids is 1. The third-order valence-corrected chi connectivity index (χ3v) is 2.24. The van der Waals surface area contributed by atoms with E-state index < -0.39 is 24.1 Å². The summed E-state index contributed by atoms with van der Waals surface area (Å²) in [5.41, 5.74) is 0.373. The maximum absolute atomic E-state index is 11.5. The van der Waals surface area contributed by atoms with Crippen molar-refractivity contribution >= 4 is 11.9 Å².